The van der Waals surface area contributed by atoms with Gasteiger partial charge in [-0.05, 0) is 36.8 Å². The number of carbonyl (C=O) groups is 1. The van der Waals surface area contributed by atoms with E-state index in [-0.39, 0.29) is 24.7 Å². The maximum Gasteiger partial charge on any atom is 0.330 e. The first-order valence-electron chi connectivity index (χ1n) is 10.7. The van der Waals surface area contributed by atoms with Crippen LogP contribution in [0, 0.1) is 0 Å². The molecule has 33 heavy (non-hydrogen) atoms. The maximum atomic E-state index is 13.0. The zero-order chi connectivity index (χ0) is 23.8. The van der Waals surface area contributed by atoms with E-state index in [1.165, 1.54) is 11.7 Å². The minimum atomic E-state index is -0.627. The van der Waals surface area contributed by atoms with E-state index in [1.54, 1.807) is 12.1 Å². The molecule has 174 valence electrons. The van der Waals surface area contributed by atoms with E-state index in [0.29, 0.717) is 12.1 Å². The zero-order valence-electron chi connectivity index (χ0n) is 19.1. The Morgan fingerprint density at radius 1 is 1.09 bits per heavy atom. The fraction of sp³-hybridized carbons (Fsp3) is 0.292. The summed E-state index contributed by atoms with van der Waals surface area (Å²) in [6, 6.07) is 16.6. The number of benzene rings is 2. The summed E-state index contributed by atoms with van der Waals surface area (Å²) in [6.45, 7) is 3.59. The molecule has 1 amide bonds. The van der Waals surface area contributed by atoms with E-state index in [1.807, 2.05) is 61.3 Å². The van der Waals surface area contributed by atoms with Gasteiger partial charge in [0.1, 0.15) is 11.5 Å². The molecule has 0 aliphatic rings. The summed E-state index contributed by atoms with van der Waals surface area (Å²) in [4.78, 5) is 42.6. The molecule has 0 radical (unpaired) electrons. The lowest BCUT2D eigenvalue weighted by atomic mass is 10.2. The van der Waals surface area contributed by atoms with Crippen LogP contribution in [0.25, 0.3) is 0 Å². The highest BCUT2D eigenvalue weighted by Crippen LogP contribution is 2.19. The lowest BCUT2D eigenvalue weighted by molar-refractivity contribution is 0.102. The number of H-pyrrole nitrogens is 1. The first-order chi connectivity index (χ1) is 15.9. The quantitative estimate of drug-likeness (QED) is 0.437. The van der Waals surface area contributed by atoms with Gasteiger partial charge >= 0.3 is 5.69 Å². The van der Waals surface area contributed by atoms with Gasteiger partial charge in [-0.25, -0.2) is 4.79 Å². The van der Waals surface area contributed by atoms with Crippen molar-refractivity contribution in [3.05, 3.63) is 86.6 Å². The summed E-state index contributed by atoms with van der Waals surface area (Å²) in [5, 5.41) is 5.82. The first-order valence-corrected chi connectivity index (χ1v) is 10.7. The number of aromatic amines is 1. The molecular formula is C24H29N5O4. The lowest BCUT2D eigenvalue weighted by Gasteiger charge is -2.19. The van der Waals surface area contributed by atoms with Crippen molar-refractivity contribution in [2.75, 3.05) is 42.8 Å². The molecule has 0 fully saturated rings. The van der Waals surface area contributed by atoms with Crippen LogP contribution in [0.15, 0.2) is 64.2 Å². The highest BCUT2D eigenvalue weighted by Gasteiger charge is 2.18. The predicted molar refractivity (Wildman–Crippen MR) is 130 cm³/mol. The standard InChI is InChI=1S/C24H29N5O4/c1-4-28(2)19-12-10-18(11-13-19)22(30)26-21-20(25-16-17-8-6-5-7-9-17)23(31)27-24(32)29(21)14-15-33-3/h5-13,25H,4,14-16H2,1-3H3,(H,26,30)(H,27,31,32). The Morgan fingerprint density at radius 3 is 2.42 bits per heavy atom. The number of ether oxygens (including phenoxy) is 1. The summed E-state index contributed by atoms with van der Waals surface area (Å²) in [5.74, 6) is -0.337. The second kappa shape index (κ2) is 11.1. The molecule has 0 aliphatic carbocycles. The van der Waals surface area contributed by atoms with Crippen LogP contribution in [0.5, 0.6) is 0 Å². The number of methoxy groups -OCH3 is 1. The fourth-order valence-electron chi connectivity index (χ4n) is 3.28. The van der Waals surface area contributed by atoms with Gasteiger partial charge < -0.3 is 20.3 Å². The van der Waals surface area contributed by atoms with Gasteiger partial charge in [-0.1, -0.05) is 30.3 Å². The van der Waals surface area contributed by atoms with Crippen molar-refractivity contribution in [2.45, 2.75) is 20.0 Å². The Labute approximate surface area is 192 Å². The van der Waals surface area contributed by atoms with Crippen molar-refractivity contribution < 1.29 is 9.53 Å². The van der Waals surface area contributed by atoms with E-state index in [2.05, 4.69) is 15.6 Å². The Morgan fingerprint density at radius 2 is 1.79 bits per heavy atom. The van der Waals surface area contributed by atoms with Crippen molar-refractivity contribution in [1.29, 1.82) is 0 Å². The highest BCUT2D eigenvalue weighted by molar-refractivity contribution is 6.05. The number of carbonyl (C=O) groups excluding carboxylic acids is 1. The summed E-state index contributed by atoms with van der Waals surface area (Å²) in [6.07, 6.45) is 0. The third-order valence-corrected chi connectivity index (χ3v) is 5.31. The smallest absolute Gasteiger partial charge is 0.330 e. The normalized spacial score (nSPS) is 10.6. The van der Waals surface area contributed by atoms with Gasteiger partial charge in [0.05, 0.1) is 13.2 Å². The molecule has 1 heterocycles. The second-order valence-corrected chi connectivity index (χ2v) is 7.48. The monoisotopic (exact) mass is 451 g/mol. The fourth-order valence-corrected chi connectivity index (χ4v) is 3.28. The molecule has 9 nitrogen and oxygen atoms in total. The van der Waals surface area contributed by atoms with Crippen molar-refractivity contribution >= 4 is 23.1 Å². The zero-order valence-corrected chi connectivity index (χ0v) is 19.1. The van der Waals surface area contributed by atoms with Gasteiger partial charge in [-0.15, -0.1) is 0 Å². The molecule has 0 unspecified atom stereocenters. The average molecular weight is 452 g/mol. The Kier molecular flexibility index (Phi) is 8.04. The van der Waals surface area contributed by atoms with E-state index >= 15 is 0 Å². The number of hydrogen-bond acceptors (Lipinski definition) is 6. The molecule has 0 saturated carbocycles. The van der Waals surface area contributed by atoms with Gasteiger partial charge in [-0.3, -0.25) is 19.1 Å². The predicted octanol–water partition coefficient (Wildman–Crippen LogP) is 2.50. The van der Waals surface area contributed by atoms with E-state index in [4.69, 9.17) is 4.74 Å². The maximum absolute atomic E-state index is 13.0. The van der Waals surface area contributed by atoms with Crippen molar-refractivity contribution in [3.8, 4) is 0 Å². The third kappa shape index (κ3) is 5.89. The highest BCUT2D eigenvalue weighted by atomic mass is 16.5. The minimum Gasteiger partial charge on any atom is -0.383 e. The lowest BCUT2D eigenvalue weighted by Crippen LogP contribution is -2.36. The topological polar surface area (TPSA) is 108 Å². The molecule has 0 spiro atoms. The van der Waals surface area contributed by atoms with E-state index < -0.39 is 17.2 Å². The van der Waals surface area contributed by atoms with Gasteiger partial charge in [0.25, 0.3) is 11.5 Å². The molecule has 3 N–H and O–H groups in total. The Hall–Kier alpha value is -3.85. The SMILES string of the molecule is CCN(C)c1ccc(C(=O)Nc2c(NCc3ccccc3)c(=O)[nH]c(=O)n2CCOC)cc1. The number of nitrogens with zero attached hydrogens (tertiary/aromatic N) is 2. The van der Waals surface area contributed by atoms with Crippen LogP contribution in [0.3, 0.4) is 0 Å². The van der Waals surface area contributed by atoms with Crippen LogP contribution in [-0.2, 0) is 17.8 Å². The summed E-state index contributed by atoms with van der Waals surface area (Å²) in [7, 11) is 3.48. The van der Waals surface area contributed by atoms with Crippen LogP contribution in [0.2, 0.25) is 0 Å². The minimum absolute atomic E-state index is 0.0940. The van der Waals surface area contributed by atoms with Crippen LogP contribution in [-0.4, -0.2) is 42.8 Å². The summed E-state index contributed by atoms with van der Waals surface area (Å²) >= 11 is 0. The first kappa shape index (κ1) is 23.8. The van der Waals surface area contributed by atoms with Crippen molar-refractivity contribution in [1.82, 2.24) is 9.55 Å². The molecule has 0 bridgehead atoms. The molecule has 3 aromatic rings. The summed E-state index contributed by atoms with van der Waals surface area (Å²) in [5.41, 5.74) is 1.19. The Bertz CT molecular complexity index is 1190. The summed E-state index contributed by atoms with van der Waals surface area (Å²) < 4.78 is 6.39. The van der Waals surface area contributed by atoms with Crippen LogP contribution in [0.4, 0.5) is 17.2 Å². The molecule has 0 saturated heterocycles. The largest absolute Gasteiger partial charge is 0.383 e. The van der Waals surface area contributed by atoms with Gasteiger partial charge in [-0.2, -0.15) is 0 Å². The average Bonchev–Trinajstić information content (AvgIpc) is 2.83. The number of hydrogen-bond donors (Lipinski definition) is 3. The van der Waals surface area contributed by atoms with Crippen LogP contribution >= 0.6 is 0 Å². The number of anilines is 3. The van der Waals surface area contributed by atoms with Crippen molar-refractivity contribution in [2.24, 2.45) is 0 Å². The van der Waals surface area contributed by atoms with E-state index in [9.17, 15) is 14.4 Å². The van der Waals surface area contributed by atoms with Crippen LogP contribution < -0.4 is 26.8 Å². The number of nitrogens with one attached hydrogen (secondary N) is 3. The van der Waals surface area contributed by atoms with E-state index in [0.717, 1.165) is 17.8 Å². The van der Waals surface area contributed by atoms with Crippen molar-refractivity contribution in [3.63, 3.8) is 0 Å². The Balaban J connectivity index is 1.95. The van der Waals surface area contributed by atoms with Gasteiger partial charge in [0.15, 0.2) is 0 Å². The van der Waals surface area contributed by atoms with Crippen LogP contribution in [0.1, 0.15) is 22.8 Å². The molecule has 0 atom stereocenters. The molecule has 9 heteroatoms. The molecule has 0 aliphatic heterocycles. The molecule has 1 aromatic heterocycles. The third-order valence-electron chi connectivity index (χ3n) is 5.31. The number of amides is 1. The molecule has 2 aromatic carbocycles. The molecular weight excluding hydrogens is 422 g/mol. The number of aromatic nitrogens is 2. The second-order valence-electron chi connectivity index (χ2n) is 7.48. The number of rotatable bonds is 10. The molecule has 3 rings (SSSR count). The van der Waals surface area contributed by atoms with Gasteiger partial charge in [0, 0.05) is 38.5 Å². The van der Waals surface area contributed by atoms with Gasteiger partial charge in [0.2, 0.25) is 0 Å².